The second-order valence-electron chi connectivity index (χ2n) is 5.75. The van der Waals surface area contributed by atoms with Crippen LogP contribution >= 0.6 is 0 Å². The highest BCUT2D eigenvalue weighted by Crippen LogP contribution is 2.18. The zero-order valence-corrected chi connectivity index (χ0v) is 14.5. The molecule has 0 fully saturated rings. The van der Waals surface area contributed by atoms with E-state index in [-0.39, 0.29) is 6.04 Å². The average Bonchev–Trinajstić information content (AvgIpc) is 2.80. The second kappa shape index (κ2) is 7.93. The van der Waals surface area contributed by atoms with Crippen molar-refractivity contribution in [2.45, 2.75) is 37.8 Å². The van der Waals surface area contributed by atoms with Crippen LogP contribution in [0.2, 0.25) is 0 Å². The average molecular weight is 316 g/mol. The number of aromatic nitrogens is 1. The Morgan fingerprint density at radius 2 is 2.00 bits per heavy atom. The van der Waals surface area contributed by atoms with Crippen molar-refractivity contribution in [1.82, 2.24) is 19.5 Å². The van der Waals surface area contributed by atoms with Gasteiger partial charge in [-0.2, -0.15) is 0 Å². The van der Waals surface area contributed by atoms with Gasteiger partial charge >= 0.3 is 0 Å². The third-order valence-electron chi connectivity index (χ3n) is 3.21. The molecule has 0 aliphatic heterocycles. The molecule has 7 heteroatoms. The Balaban J connectivity index is 2.80. The summed E-state index contributed by atoms with van der Waals surface area (Å²) < 4.78 is 29.3. The highest BCUT2D eigenvalue weighted by Gasteiger charge is 2.18. The van der Waals surface area contributed by atoms with Crippen LogP contribution in [0.5, 0.6) is 0 Å². The second-order valence-corrected chi connectivity index (χ2v) is 7.52. The third-order valence-corrected chi connectivity index (χ3v) is 4.63. The van der Waals surface area contributed by atoms with E-state index in [0.717, 1.165) is 18.7 Å². The molecule has 0 bridgehead atoms. The van der Waals surface area contributed by atoms with Gasteiger partial charge < -0.3 is 14.8 Å². The fraction of sp³-hybridized carbons (Fsp3) is 0.714. The number of nitrogens with zero attached hydrogens (tertiary/aromatic N) is 2. The van der Waals surface area contributed by atoms with Crippen LogP contribution in [0.25, 0.3) is 0 Å². The monoisotopic (exact) mass is 316 g/mol. The molecule has 0 saturated heterocycles. The molecule has 0 radical (unpaired) electrons. The normalized spacial score (nSPS) is 12.5. The molecule has 0 saturated carbocycles. The first-order valence-electron chi connectivity index (χ1n) is 7.27. The van der Waals surface area contributed by atoms with E-state index in [0.29, 0.717) is 18.0 Å². The number of nitrogens with one attached hydrogen (secondary N) is 2. The predicted molar refractivity (Wildman–Crippen MR) is 85.9 cm³/mol. The minimum Gasteiger partial charge on any atom is -0.346 e. The molecule has 2 N–H and O–H groups in total. The zero-order valence-electron chi connectivity index (χ0n) is 13.7. The Kier molecular flexibility index (Phi) is 6.86. The first-order valence-corrected chi connectivity index (χ1v) is 8.76. The summed E-state index contributed by atoms with van der Waals surface area (Å²) in [6, 6.07) is 1.97. The van der Waals surface area contributed by atoms with E-state index >= 15 is 0 Å². The molecule has 0 unspecified atom stereocenters. The minimum atomic E-state index is -3.43. The lowest BCUT2D eigenvalue weighted by Crippen LogP contribution is -2.27. The van der Waals surface area contributed by atoms with Crippen LogP contribution in [0.3, 0.4) is 0 Å². The molecule has 122 valence electrons. The number of sulfonamides is 1. The first kappa shape index (κ1) is 18.2. The topological polar surface area (TPSA) is 66.4 Å². The number of hydrogen-bond donors (Lipinski definition) is 2. The molecule has 0 amide bonds. The van der Waals surface area contributed by atoms with Gasteiger partial charge in [0.15, 0.2) is 0 Å². The predicted octanol–water partition coefficient (Wildman–Crippen LogP) is 1.02. The van der Waals surface area contributed by atoms with Gasteiger partial charge in [-0.15, -0.1) is 0 Å². The van der Waals surface area contributed by atoms with Crippen molar-refractivity contribution in [2.24, 2.45) is 0 Å². The Hall–Kier alpha value is -0.890. The fourth-order valence-corrected chi connectivity index (χ4v) is 3.26. The molecule has 21 heavy (non-hydrogen) atoms. The van der Waals surface area contributed by atoms with E-state index in [4.69, 9.17) is 0 Å². The van der Waals surface area contributed by atoms with Crippen LogP contribution < -0.4 is 10.0 Å². The lowest BCUT2D eigenvalue weighted by molar-refractivity contribution is 0.400. The highest BCUT2D eigenvalue weighted by atomic mass is 32.2. The Morgan fingerprint density at radius 3 is 2.52 bits per heavy atom. The van der Waals surface area contributed by atoms with E-state index in [1.807, 2.05) is 44.5 Å². The summed E-state index contributed by atoms with van der Waals surface area (Å²) in [5.41, 5.74) is 0.973. The van der Waals surface area contributed by atoms with Gasteiger partial charge in [0.1, 0.15) is 0 Å². The minimum absolute atomic E-state index is 0.228. The van der Waals surface area contributed by atoms with Crippen LogP contribution in [0.1, 0.15) is 32.0 Å². The van der Waals surface area contributed by atoms with Crippen molar-refractivity contribution in [2.75, 3.05) is 34.2 Å². The summed E-state index contributed by atoms with van der Waals surface area (Å²) in [7, 11) is 2.37. The van der Waals surface area contributed by atoms with Gasteiger partial charge in [-0.05, 0) is 54.0 Å². The van der Waals surface area contributed by atoms with Crippen molar-refractivity contribution in [1.29, 1.82) is 0 Å². The standard InChI is InChI=1S/C14H28N4O2S/c1-12(2)18-11-14(9-13(18)10-15-3)21(19,20)16-7-6-8-17(4)5/h9,11-12,15-16H,6-8,10H2,1-5H3. The quantitative estimate of drug-likeness (QED) is 0.668. The van der Waals surface area contributed by atoms with Crippen LogP contribution in [-0.4, -0.2) is 52.1 Å². The van der Waals surface area contributed by atoms with E-state index in [1.165, 1.54) is 0 Å². The smallest absolute Gasteiger partial charge is 0.242 e. The van der Waals surface area contributed by atoms with Gasteiger partial charge in [0.25, 0.3) is 0 Å². The van der Waals surface area contributed by atoms with Gasteiger partial charge in [0.05, 0.1) is 4.90 Å². The summed E-state index contributed by atoms with van der Waals surface area (Å²) in [6.07, 6.45) is 2.51. The van der Waals surface area contributed by atoms with Gasteiger partial charge in [-0.25, -0.2) is 13.1 Å². The highest BCUT2D eigenvalue weighted by molar-refractivity contribution is 7.89. The molecule has 6 nitrogen and oxygen atoms in total. The van der Waals surface area contributed by atoms with Crippen LogP contribution in [0.4, 0.5) is 0 Å². The summed E-state index contributed by atoms with van der Waals surface area (Å²) >= 11 is 0. The molecule has 0 aliphatic rings. The van der Waals surface area contributed by atoms with Crippen molar-refractivity contribution in [3.63, 3.8) is 0 Å². The SMILES string of the molecule is CNCc1cc(S(=O)(=O)NCCCN(C)C)cn1C(C)C. The van der Waals surface area contributed by atoms with Crippen LogP contribution in [0, 0.1) is 0 Å². The fourth-order valence-electron chi connectivity index (χ4n) is 2.13. The first-order chi connectivity index (χ1) is 9.77. The Labute approximate surface area is 128 Å². The van der Waals surface area contributed by atoms with E-state index < -0.39 is 10.0 Å². The molecule has 1 rings (SSSR count). The summed E-state index contributed by atoms with van der Waals surface area (Å²) in [4.78, 5) is 2.38. The van der Waals surface area contributed by atoms with Crippen LogP contribution in [0.15, 0.2) is 17.2 Å². The maximum absolute atomic E-state index is 12.3. The molecule has 0 atom stereocenters. The maximum Gasteiger partial charge on any atom is 0.242 e. The Morgan fingerprint density at radius 1 is 1.33 bits per heavy atom. The molecule has 0 aliphatic carbocycles. The molecule has 0 spiro atoms. The van der Waals surface area contributed by atoms with Gasteiger partial charge in [-0.1, -0.05) is 0 Å². The Bertz CT molecular complexity index is 535. The number of rotatable bonds is 9. The molecule has 0 aromatic carbocycles. The molecular weight excluding hydrogens is 288 g/mol. The van der Waals surface area contributed by atoms with Gasteiger partial charge in [-0.3, -0.25) is 0 Å². The summed E-state index contributed by atoms with van der Waals surface area (Å²) in [5.74, 6) is 0. The van der Waals surface area contributed by atoms with Crippen LogP contribution in [-0.2, 0) is 16.6 Å². The van der Waals surface area contributed by atoms with E-state index in [1.54, 1.807) is 12.3 Å². The largest absolute Gasteiger partial charge is 0.346 e. The number of hydrogen-bond acceptors (Lipinski definition) is 4. The summed E-state index contributed by atoms with van der Waals surface area (Å²) in [5, 5.41) is 3.07. The van der Waals surface area contributed by atoms with E-state index in [2.05, 4.69) is 10.0 Å². The van der Waals surface area contributed by atoms with Crippen molar-refractivity contribution < 1.29 is 8.42 Å². The lowest BCUT2D eigenvalue weighted by Gasteiger charge is -2.12. The maximum atomic E-state index is 12.3. The lowest BCUT2D eigenvalue weighted by atomic mass is 10.3. The van der Waals surface area contributed by atoms with Crippen molar-refractivity contribution in [3.05, 3.63) is 18.0 Å². The van der Waals surface area contributed by atoms with Crippen molar-refractivity contribution in [3.8, 4) is 0 Å². The van der Waals surface area contributed by atoms with E-state index in [9.17, 15) is 8.42 Å². The molecular formula is C14H28N4O2S. The van der Waals surface area contributed by atoms with Gasteiger partial charge in [0.2, 0.25) is 10.0 Å². The zero-order chi connectivity index (χ0) is 16.0. The van der Waals surface area contributed by atoms with Crippen molar-refractivity contribution >= 4 is 10.0 Å². The van der Waals surface area contributed by atoms with Gasteiger partial charge in [0, 0.05) is 31.0 Å². The molecule has 1 aromatic heterocycles. The molecule has 1 heterocycles. The molecule has 1 aromatic rings. The summed E-state index contributed by atoms with van der Waals surface area (Å²) in [6.45, 7) is 6.05. The third kappa shape index (κ3) is 5.43.